The van der Waals surface area contributed by atoms with Crippen LogP contribution >= 0.6 is 0 Å². The monoisotopic (exact) mass is 228 g/mol. The third-order valence-corrected chi connectivity index (χ3v) is 2.51. The lowest BCUT2D eigenvalue weighted by atomic mass is 10.0. The van der Waals surface area contributed by atoms with E-state index in [0.717, 1.165) is 11.1 Å². The molecule has 1 N–H and O–H groups in total. The summed E-state index contributed by atoms with van der Waals surface area (Å²) in [5.41, 5.74) is 1.78. The van der Waals surface area contributed by atoms with Gasteiger partial charge in [-0.25, -0.2) is 4.39 Å². The molecule has 0 spiro atoms. The number of nitrogens with zero attached hydrogens (tertiary/aromatic N) is 1. The SMILES string of the molecule is Cc1[nH]c(=O)c(C#N)cc1-c1ccc(F)cc1. The third kappa shape index (κ3) is 2.08. The zero-order chi connectivity index (χ0) is 12.4. The summed E-state index contributed by atoms with van der Waals surface area (Å²) in [6, 6.07) is 9.24. The molecule has 0 fully saturated rings. The molecule has 0 aliphatic heterocycles. The van der Waals surface area contributed by atoms with Crippen molar-refractivity contribution in [2.75, 3.05) is 0 Å². The largest absolute Gasteiger partial charge is 0.325 e. The molecule has 0 atom stereocenters. The molecule has 0 radical (unpaired) electrons. The van der Waals surface area contributed by atoms with Gasteiger partial charge in [0.2, 0.25) is 0 Å². The van der Waals surface area contributed by atoms with Crippen LogP contribution in [-0.4, -0.2) is 4.98 Å². The van der Waals surface area contributed by atoms with E-state index in [-0.39, 0.29) is 11.4 Å². The molecule has 1 aromatic heterocycles. The van der Waals surface area contributed by atoms with Crippen molar-refractivity contribution in [3.8, 4) is 17.2 Å². The summed E-state index contributed by atoms with van der Waals surface area (Å²) in [5, 5.41) is 8.79. The van der Waals surface area contributed by atoms with Crippen LogP contribution in [0.5, 0.6) is 0 Å². The molecule has 2 rings (SSSR count). The van der Waals surface area contributed by atoms with Crippen LogP contribution in [0.1, 0.15) is 11.3 Å². The van der Waals surface area contributed by atoms with Crippen molar-refractivity contribution < 1.29 is 4.39 Å². The van der Waals surface area contributed by atoms with Crippen LogP contribution in [0.3, 0.4) is 0 Å². The van der Waals surface area contributed by atoms with Gasteiger partial charge in [0.25, 0.3) is 5.56 Å². The van der Waals surface area contributed by atoms with Gasteiger partial charge in [-0.3, -0.25) is 4.79 Å². The average Bonchev–Trinajstić information content (AvgIpc) is 2.31. The Kier molecular flexibility index (Phi) is 2.75. The summed E-state index contributed by atoms with van der Waals surface area (Å²) in [6.07, 6.45) is 0. The predicted molar refractivity (Wildman–Crippen MR) is 61.9 cm³/mol. The Bertz CT molecular complexity index is 651. The molecule has 84 valence electrons. The second-order valence-corrected chi connectivity index (χ2v) is 3.67. The summed E-state index contributed by atoms with van der Waals surface area (Å²) in [5.74, 6) is -0.323. The van der Waals surface area contributed by atoms with Crippen molar-refractivity contribution >= 4 is 0 Å². The number of hydrogen-bond acceptors (Lipinski definition) is 2. The maximum atomic E-state index is 12.8. The number of pyridine rings is 1. The molecule has 4 heteroatoms. The molecule has 1 heterocycles. The molecule has 0 saturated heterocycles. The zero-order valence-corrected chi connectivity index (χ0v) is 9.12. The molecule has 0 unspecified atom stereocenters. The Morgan fingerprint density at radius 1 is 1.29 bits per heavy atom. The van der Waals surface area contributed by atoms with E-state index < -0.39 is 5.56 Å². The van der Waals surface area contributed by atoms with Crippen molar-refractivity contribution in [2.24, 2.45) is 0 Å². The fraction of sp³-hybridized carbons (Fsp3) is 0.0769. The maximum absolute atomic E-state index is 12.8. The van der Waals surface area contributed by atoms with Crippen LogP contribution in [0.25, 0.3) is 11.1 Å². The number of H-pyrrole nitrogens is 1. The van der Waals surface area contributed by atoms with Crippen LogP contribution in [0.4, 0.5) is 4.39 Å². The highest BCUT2D eigenvalue weighted by Crippen LogP contribution is 2.21. The van der Waals surface area contributed by atoms with Crippen LogP contribution < -0.4 is 5.56 Å². The summed E-state index contributed by atoms with van der Waals surface area (Å²) in [4.78, 5) is 14.0. The molecule has 0 aliphatic rings. The summed E-state index contributed by atoms with van der Waals surface area (Å²) >= 11 is 0. The first kappa shape index (κ1) is 11.1. The number of aryl methyl sites for hydroxylation is 1. The Hall–Kier alpha value is -2.41. The molecule has 0 aliphatic carbocycles. The first-order valence-electron chi connectivity index (χ1n) is 5.02. The summed E-state index contributed by atoms with van der Waals surface area (Å²) < 4.78 is 12.8. The van der Waals surface area contributed by atoms with Gasteiger partial charge in [0.1, 0.15) is 17.4 Å². The molecular weight excluding hydrogens is 219 g/mol. The fourth-order valence-corrected chi connectivity index (χ4v) is 1.64. The lowest BCUT2D eigenvalue weighted by Crippen LogP contribution is -2.11. The minimum Gasteiger partial charge on any atom is -0.325 e. The first-order valence-corrected chi connectivity index (χ1v) is 5.02. The van der Waals surface area contributed by atoms with Crippen LogP contribution in [0.15, 0.2) is 35.1 Å². The lowest BCUT2D eigenvalue weighted by molar-refractivity contribution is 0.628. The molecule has 17 heavy (non-hydrogen) atoms. The van der Waals surface area contributed by atoms with Crippen molar-refractivity contribution in [3.63, 3.8) is 0 Å². The number of hydrogen-bond donors (Lipinski definition) is 1. The maximum Gasteiger partial charge on any atom is 0.266 e. The van der Waals surface area contributed by atoms with Gasteiger partial charge in [-0.2, -0.15) is 5.26 Å². The fourth-order valence-electron chi connectivity index (χ4n) is 1.64. The second-order valence-electron chi connectivity index (χ2n) is 3.67. The summed E-state index contributed by atoms with van der Waals surface area (Å²) in [6.45, 7) is 1.74. The quantitative estimate of drug-likeness (QED) is 0.814. The number of rotatable bonds is 1. The standard InChI is InChI=1S/C13H9FN2O/c1-8-12(6-10(7-15)13(17)16-8)9-2-4-11(14)5-3-9/h2-6H,1H3,(H,16,17). The van der Waals surface area contributed by atoms with Gasteiger partial charge < -0.3 is 4.98 Å². The van der Waals surface area contributed by atoms with E-state index in [2.05, 4.69) is 4.98 Å². The van der Waals surface area contributed by atoms with E-state index in [1.54, 1.807) is 19.1 Å². The first-order chi connectivity index (χ1) is 8.11. The number of aromatic amines is 1. The predicted octanol–water partition coefficient (Wildman–Crippen LogP) is 2.36. The number of nitrogens with one attached hydrogen (secondary N) is 1. The van der Waals surface area contributed by atoms with Gasteiger partial charge in [0, 0.05) is 11.3 Å². The normalized spacial score (nSPS) is 9.94. The zero-order valence-electron chi connectivity index (χ0n) is 9.12. The highest BCUT2D eigenvalue weighted by atomic mass is 19.1. The van der Waals surface area contributed by atoms with Crippen LogP contribution in [0, 0.1) is 24.1 Å². The van der Waals surface area contributed by atoms with E-state index in [4.69, 9.17) is 5.26 Å². The topological polar surface area (TPSA) is 56.6 Å². The smallest absolute Gasteiger partial charge is 0.266 e. The van der Waals surface area contributed by atoms with Gasteiger partial charge in [0.15, 0.2) is 0 Å². The Balaban J connectivity index is 2.64. The molecule has 3 nitrogen and oxygen atoms in total. The van der Waals surface area contributed by atoms with Gasteiger partial charge in [-0.05, 0) is 30.7 Å². The van der Waals surface area contributed by atoms with E-state index >= 15 is 0 Å². The number of nitriles is 1. The second kappa shape index (κ2) is 4.22. The van der Waals surface area contributed by atoms with Gasteiger partial charge in [0.05, 0.1) is 0 Å². The molecule has 1 aromatic carbocycles. The van der Waals surface area contributed by atoms with Crippen molar-refractivity contribution in [1.29, 1.82) is 5.26 Å². The lowest BCUT2D eigenvalue weighted by Gasteiger charge is -2.05. The average molecular weight is 228 g/mol. The van der Waals surface area contributed by atoms with Crippen molar-refractivity contribution in [2.45, 2.75) is 6.92 Å². The van der Waals surface area contributed by atoms with E-state index in [1.807, 2.05) is 6.07 Å². The van der Waals surface area contributed by atoms with Gasteiger partial charge in [-0.1, -0.05) is 12.1 Å². The van der Waals surface area contributed by atoms with E-state index in [9.17, 15) is 9.18 Å². The van der Waals surface area contributed by atoms with E-state index in [0.29, 0.717) is 5.69 Å². The van der Waals surface area contributed by atoms with Crippen LogP contribution in [-0.2, 0) is 0 Å². The molecule has 0 saturated carbocycles. The molecule has 2 aromatic rings. The Morgan fingerprint density at radius 2 is 1.94 bits per heavy atom. The van der Waals surface area contributed by atoms with E-state index in [1.165, 1.54) is 18.2 Å². The molecule has 0 amide bonds. The number of benzene rings is 1. The Morgan fingerprint density at radius 3 is 2.53 bits per heavy atom. The highest BCUT2D eigenvalue weighted by Gasteiger charge is 2.07. The number of halogens is 1. The molecular formula is C13H9FN2O. The van der Waals surface area contributed by atoms with Crippen LogP contribution in [0.2, 0.25) is 0 Å². The minimum atomic E-state index is -0.407. The number of aromatic nitrogens is 1. The highest BCUT2D eigenvalue weighted by molar-refractivity contribution is 5.67. The van der Waals surface area contributed by atoms with Crippen molar-refractivity contribution in [3.05, 3.63) is 57.8 Å². The van der Waals surface area contributed by atoms with Crippen molar-refractivity contribution in [1.82, 2.24) is 4.98 Å². The van der Waals surface area contributed by atoms with Gasteiger partial charge >= 0.3 is 0 Å². The third-order valence-electron chi connectivity index (χ3n) is 2.51. The molecule has 0 bridgehead atoms. The summed E-state index contributed by atoms with van der Waals surface area (Å²) in [7, 11) is 0. The minimum absolute atomic E-state index is 0.0509. The Labute approximate surface area is 97.2 Å². The van der Waals surface area contributed by atoms with Gasteiger partial charge in [-0.15, -0.1) is 0 Å².